The first kappa shape index (κ1) is 16.8. The molecule has 5 heteroatoms. The third kappa shape index (κ3) is 3.78. The van der Waals surface area contributed by atoms with Crippen molar-refractivity contribution in [1.29, 1.82) is 0 Å². The van der Waals surface area contributed by atoms with E-state index in [4.69, 9.17) is 20.2 Å². The first-order chi connectivity index (χ1) is 10.3. The molecule has 0 amide bonds. The molecule has 120 valence electrons. The predicted molar refractivity (Wildman–Crippen MR) is 91.0 cm³/mol. The van der Waals surface area contributed by atoms with Crippen LogP contribution in [0.3, 0.4) is 0 Å². The zero-order valence-electron chi connectivity index (χ0n) is 13.8. The second-order valence-corrected chi connectivity index (χ2v) is 7.24. The molecule has 0 aliphatic heterocycles. The zero-order valence-corrected chi connectivity index (χ0v) is 14.7. The van der Waals surface area contributed by atoms with Crippen molar-refractivity contribution in [3.05, 3.63) is 39.8 Å². The van der Waals surface area contributed by atoms with E-state index >= 15 is 0 Å². The first-order valence-electron chi connectivity index (χ1n) is 7.27. The maximum absolute atomic E-state index is 6.33. The van der Waals surface area contributed by atoms with Crippen LogP contribution in [0.1, 0.15) is 43.1 Å². The van der Waals surface area contributed by atoms with E-state index in [1.165, 1.54) is 0 Å². The molecule has 0 radical (unpaired) electrons. The van der Waals surface area contributed by atoms with E-state index in [0.717, 1.165) is 22.7 Å². The summed E-state index contributed by atoms with van der Waals surface area (Å²) in [6.45, 7) is 6.50. The largest absolute Gasteiger partial charge is 0.493 e. The molecule has 2 N–H and O–H groups in total. The van der Waals surface area contributed by atoms with Crippen molar-refractivity contribution in [2.45, 2.75) is 38.6 Å². The number of thiazole rings is 1. The van der Waals surface area contributed by atoms with E-state index in [1.54, 1.807) is 25.6 Å². The Bertz CT molecular complexity index is 632. The zero-order chi connectivity index (χ0) is 16.3. The Morgan fingerprint density at radius 1 is 1.18 bits per heavy atom. The van der Waals surface area contributed by atoms with Crippen molar-refractivity contribution in [3.8, 4) is 11.5 Å². The lowest BCUT2D eigenvalue weighted by atomic mass is 9.93. The Balaban J connectivity index is 2.15. The molecule has 1 aromatic carbocycles. The van der Waals surface area contributed by atoms with Gasteiger partial charge in [-0.1, -0.05) is 26.8 Å². The van der Waals surface area contributed by atoms with Crippen LogP contribution < -0.4 is 15.2 Å². The summed E-state index contributed by atoms with van der Waals surface area (Å²) in [5, 5.41) is 3.18. The van der Waals surface area contributed by atoms with Crippen molar-refractivity contribution in [1.82, 2.24) is 4.98 Å². The fraction of sp³-hybridized carbons (Fsp3) is 0.471. The van der Waals surface area contributed by atoms with Crippen molar-refractivity contribution >= 4 is 11.3 Å². The van der Waals surface area contributed by atoms with Crippen LogP contribution in [0.4, 0.5) is 0 Å². The summed E-state index contributed by atoms with van der Waals surface area (Å²) in [7, 11) is 3.25. The van der Waals surface area contributed by atoms with Crippen LogP contribution in [0.2, 0.25) is 0 Å². The smallest absolute Gasteiger partial charge is 0.161 e. The van der Waals surface area contributed by atoms with Crippen LogP contribution in [-0.4, -0.2) is 19.2 Å². The van der Waals surface area contributed by atoms with Gasteiger partial charge in [-0.25, -0.2) is 4.98 Å². The average Bonchev–Trinajstić information content (AvgIpc) is 2.95. The number of hydrogen-bond donors (Lipinski definition) is 1. The molecule has 1 atom stereocenters. The van der Waals surface area contributed by atoms with E-state index in [9.17, 15) is 0 Å². The number of methoxy groups -OCH3 is 2. The summed E-state index contributed by atoms with van der Waals surface area (Å²) in [5.74, 6) is 1.41. The van der Waals surface area contributed by atoms with Gasteiger partial charge in [-0.05, 0) is 17.7 Å². The number of nitrogens with zero attached hydrogens (tertiary/aromatic N) is 1. The SMILES string of the molecule is COc1ccc(C(N)Cc2nc(C(C)(C)C)cs2)cc1OC. The van der Waals surface area contributed by atoms with Gasteiger partial charge in [-0.15, -0.1) is 11.3 Å². The molecular formula is C17H24N2O2S. The van der Waals surface area contributed by atoms with E-state index in [1.807, 2.05) is 18.2 Å². The monoisotopic (exact) mass is 320 g/mol. The molecule has 0 aliphatic carbocycles. The van der Waals surface area contributed by atoms with Gasteiger partial charge in [0.05, 0.1) is 24.9 Å². The topological polar surface area (TPSA) is 57.4 Å². The molecule has 0 saturated carbocycles. The highest BCUT2D eigenvalue weighted by molar-refractivity contribution is 7.09. The molecule has 0 saturated heterocycles. The van der Waals surface area contributed by atoms with Gasteiger partial charge in [-0.2, -0.15) is 0 Å². The summed E-state index contributed by atoms with van der Waals surface area (Å²) >= 11 is 1.67. The van der Waals surface area contributed by atoms with Crippen molar-refractivity contribution in [3.63, 3.8) is 0 Å². The molecular weight excluding hydrogens is 296 g/mol. The lowest BCUT2D eigenvalue weighted by Gasteiger charge is -2.15. The van der Waals surface area contributed by atoms with Crippen LogP contribution in [-0.2, 0) is 11.8 Å². The van der Waals surface area contributed by atoms with Gasteiger partial charge in [0, 0.05) is 23.3 Å². The Morgan fingerprint density at radius 2 is 1.86 bits per heavy atom. The van der Waals surface area contributed by atoms with E-state index in [2.05, 4.69) is 26.2 Å². The molecule has 0 bridgehead atoms. The van der Waals surface area contributed by atoms with E-state index < -0.39 is 0 Å². The normalized spacial score (nSPS) is 13.0. The summed E-state index contributed by atoms with van der Waals surface area (Å²) in [5.41, 5.74) is 8.54. The number of benzene rings is 1. The second kappa shape index (κ2) is 6.67. The molecule has 1 unspecified atom stereocenters. The maximum atomic E-state index is 6.33. The number of nitrogens with two attached hydrogens (primary N) is 1. The number of aromatic nitrogens is 1. The predicted octanol–water partition coefficient (Wildman–Crippen LogP) is 3.70. The second-order valence-electron chi connectivity index (χ2n) is 6.30. The Morgan fingerprint density at radius 3 is 2.41 bits per heavy atom. The Labute approximate surface area is 136 Å². The molecule has 4 nitrogen and oxygen atoms in total. The highest BCUT2D eigenvalue weighted by Crippen LogP contribution is 2.31. The number of rotatable bonds is 5. The van der Waals surface area contributed by atoms with E-state index in [0.29, 0.717) is 11.5 Å². The molecule has 0 spiro atoms. The van der Waals surface area contributed by atoms with Gasteiger partial charge in [-0.3, -0.25) is 0 Å². The summed E-state index contributed by atoms with van der Waals surface area (Å²) in [4.78, 5) is 4.71. The fourth-order valence-electron chi connectivity index (χ4n) is 2.14. The van der Waals surface area contributed by atoms with Crippen molar-refractivity contribution < 1.29 is 9.47 Å². The van der Waals surface area contributed by atoms with Gasteiger partial charge in [0.2, 0.25) is 0 Å². The summed E-state index contributed by atoms with van der Waals surface area (Å²) < 4.78 is 10.6. The van der Waals surface area contributed by atoms with Crippen LogP contribution >= 0.6 is 11.3 Å². The highest BCUT2D eigenvalue weighted by Gasteiger charge is 2.19. The lowest BCUT2D eigenvalue weighted by Crippen LogP contribution is -2.15. The van der Waals surface area contributed by atoms with Gasteiger partial charge >= 0.3 is 0 Å². The minimum atomic E-state index is -0.112. The fourth-order valence-corrected chi connectivity index (χ4v) is 3.22. The molecule has 1 aromatic heterocycles. The molecule has 0 fully saturated rings. The highest BCUT2D eigenvalue weighted by atomic mass is 32.1. The van der Waals surface area contributed by atoms with E-state index in [-0.39, 0.29) is 11.5 Å². The molecule has 2 rings (SSSR count). The number of hydrogen-bond acceptors (Lipinski definition) is 5. The van der Waals surface area contributed by atoms with Gasteiger partial charge in [0.15, 0.2) is 11.5 Å². The van der Waals surface area contributed by atoms with Gasteiger partial charge < -0.3 is 15.2 Å². The minimum absolute atomic E-state index is 0.0716. The van der Waals surface area contributed by atoms with Gasteiger partial charge in [0.25, 0.3) is 0 Å². The van der Waals surface area contributed by atoms with Crippen LogP contribution in [0, 0.1) is 0 Å². The maximum Gasteiger partial charge on any atom is 0.161 e. The minimum Gasteiger partial charge on any atom is -0.493 e. The van der Waals surface area contributed by atoms with Crippen LogP contribution in [0.5, 0.6) is 11.5 Å². The average molecular weight is 320 g/mol. The molecule has 2 aromatic rings. The Kier molecular flexibility index (Phi) is 5.08. The third-order valence-corrected chi connectivity index (χ3v) is 4.42. The van der Waals surface area contributed by atoms with Crippen LogP contribution in [0.15, 0.2) is 23.6 Å². The van der Waals surface area contributed by atoms with Crippen molar-refractivity contribution in [2.75, 3.05) is 14.2 Å². The summed E-state index contributed by atoms with van der Waals surface area (Å²) in [6.07, 6.45) is 0.718. The quantitative estimate of drug-likeness (QED) is 0.912. The molecule has 1 heterocycles. The number of ether oxygens (including phenoxy) is 2. The third-order valence-electron chi connectivity index (χ3n) is 3.55. The Hall–Kier alpha value is -1.59. The molecule has 22 heavy (non-hydrogen) atoms. The molecule has 0 aliphatic rings. The summed E-state index contributed by atoms with van der Waals surface area (Å²) in [6, 6.07) is 5.68. The standard InChI is InChI=1S/C17H24N2O2S/c1-17(2,3)15-10-22-16(19-15)9-12(18)11-6-7-13(20-4)14(8-11)21-5/h6-8,10,12H,9,18H2,1-5H3. The van der Waals surface area contributed by atoms with Gasteiger partial charge in [0.1, 0.15) is 0 Å². The van der Waals surface area contributed by atoms with Crippen molar-refractivity contribution in [2.24, 2.45) is 5.73 Å². The lowest BCUT2D eigenvalue weighted by molar-refractivity contribution is 0.354. The van der Waals surface area contributed by atoms with Crippen LogP contribution in [0.25, 0.3) is 0 Å². The first-order valence-corrected chi connectivity index (χ1v) is 8.15.